The zero-order valence-corrected chi connectivity index (χ0v) is 12.6. The van der Waals surface area contributed by atoms with Crippen LogP contribution in [0.25, 0.3) is 0 Å². The van der Waals surface area contributed by atoms with E-state index < -0.39 is 6.10 Å². The summed E-state index contributed by atoms with van der Waals surface area (Å²) in [5, 5.41) is 11.1. The van der Waals surface area contributed by atoms with Crippen molar-refractivity contribution >= 4 is 11.6 Å². The fraction of sp³-hybridized carbons (Fsp3) is 0.353. The maximum Gasteiger partial charge on any atom is 0.0917 e. The van der Waals surface area contributed by atoms with E-state index in [0.29, 0.717) is 17.6 Å². The van der Waals surface area contributed by atoms with Crippen LogP contribution in [0.1, 0.15) is 30.1 Å². The summed E-state index contributed by atoms with van der Waals surface area (Å²) in [5.74, 6) is 0. The lowest BCUT2D eigenvalue weighted by Gasteiger charge is -2.25. The molecule has 1 aromatic heterocycles. The van der Waals surface area contributed by atoms with Crippen molar-refractivity contribution in [2.24, 2.45) is 0 Å². The summed E-state index contributed by atoms with van der Waals surface area (Å²) in [6.45, 7) is 1.39. The molecule has 1 heterocycles. The van der Waals surface area contributed by atoms with Gasteiger partial charge < -0.3 is 5.11 Å². The normalized spacial score (nSPS) is 16.1. The number of pyridine rings is 1. The minimum Gasteiger partial charge on any atom is -0.387 e. The molecule has 0 radical (unpaired) electrons. The summed E-state index contributed by atoms with van der Waals surface area (Å²) in [5.41, 5.74) is 2.03. The van der Waals surface area contributed by atoms with E-state index in [-0.39, 0.29) is 0 Å². The second kappa shape index (κ2) is 6.56. The van der Waals surface area contributed by atoms with Crippen LogP contribution < -0.4 is 0 Å². The number of aliphatic hydroxyl groups excluding tert-OH is 1. The first-order valence-electron chi connectivity index (χ1n) is 7.29. The number of rotatable bonds is 6. The smallest absolute Gasteiger partial charge is 0.0917 e. The van der Waals surface area contributed by atoms with Gasteiger partial charge in [-0.15, -0.1) is 0 Å². The lowest BCUT2D eigenvalue weighted by Crippen LogP contribution is -2.30. The van der Waals surface area contributed by atoms with E-state index in [4.69, 9.17) is 11.6 Å². The van der Waals surface area contributed by atoms with Crippen LogP contribution in [0.15, 0.2) is 48.8 Å². The second-order valence-corrected chi connectivity index (χ2v) is 5.96. The molecular formula is C17H19ClN2O. The van der Waals surface area contributed by atoms with Crippen molar-refractivity contribution in [3.8, 4) is 0 Å². The molecule has 3 nitrogen and oxygen atoms in total. The first-order chi connectivity index (χ1) is 10.2. The van der Waals surface area contributed by atoms with Crippen molar-refractivity contribution in [2.75, 3.05) is 6.54 Å². The van der Waals surface area contributed by atoms with Gasteiger partial charge >= 0.3 is 0 Å². The van der Waals surface area contributed by atoms with E-state index in [0.717, 1.165) is 17.7 Å². The summed E-state index contributed by atoms with van der Waals surface area (Å²) in [4.78, 5) is 6.34. The average molecular weight is 303 g/mol. The number of aromatic nitrogens is 1. The SMILES string of the molecule is O[C@@H](CN(Cc1ccncc1Cl)C1CC1)c1ccccc1. The third-order valence-electron chi connectivity index (χ3n) is 3.88. The molecule has 0 spiro atoms. The van der Waals surface area contributed by atoms with Crippen molar-refractivity contribution in [2.45, 2.75) is 31.5 Å². The summed E-state index contributed by atoms with van der Waals surface area (Å²) >= 11 is 6.20. The molecule has 1 aliphatic carbocycles. The molecule has 1 aromatic carbocycles. The van der Waals surface area contributed by atoms with Gasteiger partial charge in [-0.1, -0.05) is 41.9 Å². The van der Waals surface area contributed by atoms with E-state index >= 15 is 0 Å². The lowest BCUT2D eigenvalue weighted by molar-refractivity contribution is 0.104. The molecule has 0 amide bonds. The van der Waals surface area contributed by atoms with Crippen LogP contribution in [0, 0.1) is 0 Å². The van der Waals surface area contributed by atoms with Gasteiger partial charge in [-0.2, -0.15) is 0 Å². The van der Waals surface area contributed by atoms with Gasteiger partial charge in [-0.3, -0.25) is 9.88 Å². The molecule has 4 heteroatoms. The van der Waals surface area contributed by atoms with Crippen LogP contribution in [0.5, 0.6) is 0 Å². The van der Waals surface area contributed by atoms with Crippen molar-refractivity contribution < 1.29 is 5.11 Å². The Hall–Kier alpha value is -1.42. The summed E-state index contributed by atoms with van der Waals surface area (Å²) in [7, 11) is 0. The highest BCUT2D eigenvalue weighted by Gasteiger charge is 2.30. The Bertz CT molecular complexity index is 586. The highest BCUT2D eigenvalue weighted by atomic mass is 35.5. The Morgan fingerprint density at radius 2 is 2.00 bits per heavy atom. The first kappa shape index (κ1) is 14.5. The van der Waals surface area contributed by atoms with Gasteiger partial charge in [-0.25, -0.2) is 0 Å². The molecule has 1 atom stereocenters. The molecular weight excluding hydrogens is 284 g/mol. The predicted octanol–water partition coefficient (Wildman–Crippen LogP) is 3.43. The number of halogens is 1. The van der Waals surface area contributed by atoms with Crippen LogP contribution >= 0.6 is 11.6 Å². The minimum absolute atomic E-state index is 0.465. The van der Waals surface area contributed by atoms with Gasteiger partial charge in [0.25, 0.3) is 0 Å². The molecule has 1 fully saturated rings. The van der Waals surface area contributed by atoms with Crippen LogP contribution in [-0.4, -0.2) is 27.6 Å². The first-order valence-corrected chi connectivity index (χ1v) is 7.67. The highest BCUT2D eigenvalue weighted by Crippen LogP contribution is 2.31. The molecule has 3 rings (SSSR count). The Morgan fingerprint density at radius 1 is 1.24 bits per heavy atom. The van der Waals surface area contributed by atoms with Gasteiger partial charge in [0.2, 0.25) is 0 Å². The van der Waals surface area contributed by atoms with Crippen molar-refractivity contribution in [3.63, 3.8) is 0 Å². The molecule has 0 aliphatic heterocycles. The monoisotopic (exact) mass is 302 g/mol. The maximum absolute atomic E-state index is 10.4. The van der Waals surface area contributed by atoms with Crippen LogP contribution in [0.4, 0.5) is 0 Å². The van der Waals surface area contributed by atoms with Crippen molar-refractivity contribution in [3.05, 3.63) is 64.9 Å². The third kappa shape index (κ3) is 3.82. The number of benzene rings is 1. The highest BCUT2D eigenvalue weighted by molar-refractivity contribution is 6.31. The maximum atomic E-state index is 10.4. The molecule has 1 N–H and O–H groups in total. The fourth-order valence-corrected chi connectivity index (χ4v) is 2.72. The number of aliphatic hydroxyl groups is 1. The molecule has 1 saturated carbocycles. The third-order valence-corrected chi connectivity index (χ3v) is 4.23. The van der Waals surface area contributed by atoms with E-state index in [9.17, 15) is 5.11 Å². The van der Waals surface area contributed by atoms with Crippen LogP contribution in [-0.2, 0) is 6.54 Å². The Morgan fingerprint density at radius 3 is 2.67 bits per heavy atom. The summed E-state index contributed by atoms with van der Waals surface area (Å²) < 4.78 is 0. The Kier molecular flexibility index (Phi) is 4.54. The Balaban J connectivity index is 1.69. The topological polar surface area (TPSA) is 36.4 Å². The van der Waals surface area contributed by atoms with E-state index in [2.05, 4.69) is 9.88 Å². The molecule has 110 valence electrons. The van der Waals surface area contributed by atoms with E-state index in [1.54, 1.807) is 12.4 Å². The molecule has 0 unspecified atom stereocenters. The van der Waals surface area contributed by atoms with Crippen molar-refractivity contribution in [1.82, 2.24) is 9.88 Å². The summed E-state index contributed by atoms with van der Waals surface area (Å²) in [6.07, 6.45) is 5.37. The van der Waals surface area contributed by atoms with Gasteiger partial charge in [-0.05, 0) is 30.0 Å². The standard InChI is InChI=1S/C17H19ClN2O/c18-16-10-19-9-8-14(16)11-20(15-6-7-15)12-17(21)13-4-2-1-3-5-13/h1-5,8-10,15,17,21H,6-7,11-12H2/t17-/m0/s1. The predicted molar refractivity (Wildman–Crippen MR) is 84.1 cm³/mol. The number of hydrogen-bond acceptors (Lipinski definition) is 3. The molecule has 2 aromatic rings. The minimum atomic E-state index is -0.465. The van der Waals surface area contributed by atoms with E-state index in [1.807, 2.05) is 36.4 Å². The largest absolute Gasteiger partial charge is 0.387 e. The van der Waals surface area contributed by atoms with Crippen LogP contribution in [0.3, 0.4) is 0 Å². The quantitative estimate of drug-likeness (QED) is 0.888. The zero-order chi connectivity index (χ0) is 14.7. The summed E-state index contributed by atoms with van der Waals surface area (Å²) in [6, 6.07) is 12.3. The van der Waals surface area contributed by atoms with Crippen LogP contribution in [0.2, 0.25) is 5.02 Å². The van der Waals surface area contributed by atoms with Crippen molar-refractivity contribution in [1.29, 1.82) is 0 Å². The molecule has 21 heavy (non-hydrogen) atoms. The van der Waals surface area contributed by atoms with Gasteiger partial charge in [0.05, 0.1) is 11.1 Å². The average Bonchev–Trinajstić information content (AvgIpc) is 3.34. The number of hydrogen-bond donors (Lipinski definition) is 1. The second-order valence-electron chi connectivity index (χ2n) is 5.55. The van der Waals surface area contributed by atoms with Gasteiger partial charge in [0.15, 0.2) is 0 Å². The molecule has 1 aliphatic rings. The Labute approximate surface area is 130 Å². The molecule has 0 saturated heterocycles. The number of nitrogens with zero attached hydrogens (tertiary/aromatic N) is 2. The lowest BCUT2D eigenvalue weighted by atomic mass is 10.1. The van der Waals surface area contributed by atoms with Gasteiger partial charge in [0.1, 0.15) is 0 Å². The van der Waals surface area contributed by atoms with Gasteiger partial charge in [0, 0.05) is 31.5 Å². The molecule has 0 bridgehead atoms. The van der Waals surface area contributed by atoms with E-state index in [1.165, 1.54) is 12.8 Å². The fourth-order valence-electron chi connectivity index (χ4n) is 2.54. The zero-order valence-electron chi connectivity index (χ0n) is 11.8.